The topological polar surface area (TPSA) is 116 Å². The zero-order valence-electron chi connectivity index (χ0n) is 13.9. The summed E-state index contributed by atoms with van der Waals surface area (Å²) in [4.78, 5) is 25.4. The number of pyridine rings is 1. The minimum Gasteiger partial charge on any atom is -0.478 e. The fourth-order valence-electron chi connectivity index (χ4n) is 2.58. The molecule has 1 heterocycles. The first-order chi connectivity index (χ1) is 12.8. The van der Waals surface area contributed by atoms with Crippen molar-refractivity contribution in [3.8, 4) is 0 Å². The van der Waals surface area contributed by atoms with Crippen LogP contribution in [0.25, 0.3) is 10.9 Å². The lowest BCUT2D eigenvalue weighted by molar-refractivity contribution is 0.0696. The van der Waals surface area contributed by atoms with E-state index >= 15 is 0 Å². The number of rotatable bonds is 6. The van der Waals surface area contributed by atoms with Gasteiger partial charge in [0.2, 0.25) is 10.0 Å². The molecule has 2 aromatic carbocycles. The van der Waals surface area contributed by atoms with Gasteiger partial charge in [0, 0.05) is 12.1 Å². The van der Waals surface area contributed by atoms with Crippen molar-refractivity contribution in [2.24, 2.45) is 0 Å². The first-order valence-corrected chi connectivity index (χ1v) is 9.39. The van der Waals surface area contributed by atoms with Gasteiger partial charge in [-0.3, -0.25) is 4.79 Å². The zero-order valence-corrected chi connectivity index (χ0v) is 14.7. The van der Waals surface area contributed by atoms with Crippen molar-refractivity contribution >= 4 is 26.9 Å². The molecule has 0 bridgehead atoms. The van der Waals surface area contributed by atoms with E-state index in [-0.39, 0.29) is 23.4 Å². The molecule has 140 valence electrons. The van der Waals surface area contributed by atoms with E-state index in [9.17, 15) is 22.4 Å². The average Bonchev–Trinajstić information content (AvgIpc) is 2.62. The van der Waals surface area contributed by atoms with Crippen molar-refractivity contribution in [2.45, 2.75) is 11.3 Å². The maximum Gasteiger partial charge on any atom is 0.335 e. The molecular weight excluding hydrogens is 375 g/mol. The van der Waals surface area contributed by atoms with Gasteiger partial charge in [-0.05, 0) is 60.3 Å². The van der Waals surface area contributed by atoms with Gasteiger partial charge >= 0.3 is 5.97 Å². The molecule has 0 saturated heterocycles. The van der Waals surface area contributed by atoms with E-state index in [1.54, 1.807) is 6.07 Å². The molecule has 7 nitrogen and oxygen atoms in total. The van der Waals surface area contributed by atoms with E-state index in [2.05, 4.69) is 9.71 Å². The van der Waals surface area contributed by atoms with Crippen LogP contribution in [0.4, 0.5) is 4.39 Å². The van der Waals surface area contributed by atoms with Crippen molar-refractivity contribution in [3.05, 3.63) is 75.8 Å². The summed E-state index contributed by atoms with van der Waals surface area (Å²) in [6.07, 6.45) is 0.134. The highest BCUT2D eigenvalue weighted by atomic mass is 32.2. The molecule has 27 heavy (non-hydrogen) atoms. The molecule has 0 spiro atoms. The van der Waals surface area contributed by atoms with Gasteiger partial charge in [-0.15, -0.1) is 0 Å². The summed E-state index contributed by atoms with van der Waals surface area (Å²) in [6.45, 7) is -0.0290. The fourth-order valence-corrected chi connectivity index (χ4v) is 3.62. The number of hydrogen-bond acceptors (Lipinski definition) is 4. The maximum absolute atomic E-state index is 13.2. The van der Waals surface area contributed by atoms with E-state index < -0.39 is 27.4 Å². The maximum atomic E-state index is 13.2. The Hall–Kier alpha value is -3.04. The molecule has 0 saturated carbocycles. The highest BCUT2D eigenvalue weighted by Crippen LogP contribution is 2.13. The molecular formula is C18H15FN2O5S. The quantitative estimate of drug-likeness (QED) is 0.594. The third kappa shape index (κ3) is 4.21. The number of carbonyl (C=O) groups is 1. The summed E-state index contributed by atoms with van der Waals surface area (Å²) < 4.78 is 40.1. The summed E-state index contributed by atoms with van der Waals surface area (Å²) >= 11 is 0. The molecule has 0 fully saturated rings. The van der Waals surface area contributed by atoms with Gasteiger partial charge < -0.3 is 10.1 Å². The molecule has 9 heteroatoms. The number of benzene rings is 2. The number of aromatic nitrogens is 1. The molecule has 0 aliphatic rings. The smallest absolute Gasteiger partial charge is 0.335 e. The van der Waals surface area contributed by atoms with Gasteiger partial charge in [0.1, 0.15) is 5.82 Å². The van der Waals surface area contributed by atoms with Crippen LogP contribution < -0.4 is 10.3 Å². The van der Waals surface area contributed by atoms with Gasteiger partial charge in [-0.2, -0.15) is 0 Å². The Balaban J connectivity index is 1.72. The van der Waals surface area contributed by atoms with Crippen LogP contribution in [0.1, 0.15) is 15.9 Å². The summed E-state index contributed by atoms with van der Waals surface area (Å²) in [5.74, 6) is -1.62. The second-order valence-corrected chi connectivity index (χ2v) is 7.60. The molecule has 0 atom stereocenters. The molecule has 0 aliphatic carbocycles. The number of sulfonamides is 1. The molecule has 0 unspecified atom stereocenters. The first kappa shape index (κ1) is 18.7. The lowest BCUT2D eigenvalue weighted by atomic mass is 10.1. The molecule has 3 aromatic rings. The number of hydrogen-bond donors (Lipinski definition) is 3. The summed E-state index contributed by atoms with van der Waals surface area (Å²) in [5, 5.41) is 9.48. The minimum atomic E-state index is -3.84. The second-order valence-electron chi connectivity index (χ2n) is 5.83. The average molecular weight is 390 g/mol. The first-order valence-electron chi connectivity index (χ1n) is 7.91. The highest BCUT2D eigenvalue weighted by Gasteiger charge is 2.15. The highest BCUT2D eigenvalue weighted by molar-refractivity contribution is 7.89. The van der Waals surface area contributed by atoms with Crippen LogP contribution >= 0.6 is 0 Å². The van der Waals surface area contributed by atoms with Gasteiger partial charge in [0.25, 0.3) is 5.56 Å². The van der Waals surface area contributed by atoms with Crippen molar-refractivity contribution in [3.63, 3.8) is 0 Å². The number of aromatic carboxylic acids is 1. The van der Waals surface area contributed by atoms with Crippen LogP contribution in [0.15, 0.2) is 58.2 Å². The van der Waals surface area contributed by atoms with Crippen molar-refractivity contribution < 1.29 is 22.7 Å². The van der Waals surface area contributed by atoms with Crippen LogP contribution in [0.2, 0.25) is 0 Å². The Morgan fingerprint density at radius 1 is 1.11 bits per heavy atom. The van der Waals surface area contributed by atoms with Crippen LogP contribution in [0.3, 0.4) is 0 Å². The number of aromatic amines is 1. The largest absolute Gasteiger partial charge is 0.478 e. The van der Waals surface area contributed by atoms with Crippen LogP contribution in [-0.2, 0) is 16.4 Å². The fraction of sp³-hybridized carbons (Fsp3) is 0.111. The van der Waals surface area contributed by atoms with Gasteiger partial charge in [0.05, 0.1) is 16.0 Å². The third-order valence-corrected chi connectivity index (χ3v) is 5.46. The van der Waals surface area contributed by atoms with E-state index in [1.807, 2.05) is 0 Å². The Morgan fingerprint density at radius 3 is 2.48 bits per heavy atom. The van der Waals surface area contributed by atoms with Crippen LogP contribution in [-0.4, -0.2) is 31.0 Å². The molecule has 3 N–H and O–H groups in total. The predicted molar refractivity (Wildman–Crippen MR) is 96.8 cm³/mol. The van der Waals surface area contributed by atoms with Crippen molar-refractivity contribution in [1.29, 1.82) is 0 Å². The van der Waals surface area contributed by atoms with E-state index in [0.29, 0.717) is 16.5 Å². The number of H-pyrrole nitrogens is 1. The molecule has 3 rings (SSSR count). The van der Waals surface area contributed by atoms with Gasteiger partial charge in [0.15, 0.2) is 0 Å². The zero-order chi connectivity index (χ0) is 19.6. The molecule has 1 aromatic heterocycles. The molecule has 0 aliphatic heterocycles. The van der Waals surface area contributed by atoms with Gasteiger partial charge in [-0.1, -0.05) is 0 Å². The number of carboxylic acid groups (broad SMARTS) is 1. The third-order valence-electron chi connectivity index (χ3n) is 3.98. The molecule has 0 amide bonds. The number of fused-ring (bicyclic) bond motifs is 1. The predicted octanol–water partition coefficient (Wildman–Crippen LogP) is 1.89. The van der Waals surface area contributed by atoms with Crippen LogP contribution in [0, 0.1) is 5.82 Å². The lowest BCUT2D eigenvalue weighted by Crippen LogP contribution is -2.27. The Morgan fingerprint density at radius 2 is 1.81 bits per heavy atom. The summed E-state index contributed by atoms with van der Waals surface area (Å²) in [5.41, 5.74) is 0.284. The number of carboxylic acids is 1. The monoisotopic (exact) mass is 390 g/mol. The summed E-state index contributed by atoms with van der Waals surface area (Å²) in [7, 11) is -3.84. The number of nitrogens with one attached hydrogen (secondary N) is 2. The standard InChI is InChI=1S/C18H15FN2O5S/c19-14-4-1-12-9-13(17(22)21-16(12)10-14)7-8-20-27(25,26)15-5-2-11(3-6-15)18(23)24/h1-6,9-10,20H,7-8H2,(H,21,22)(H,23,24). The Kier molecular flexibility index (Phi) is 5.06. The van der Waals surface area contributed by atoms with Crippen LogP contribution in [0.5, 0.6) is 0 Å². The van der Waals surface area contributed by atoms with E-state index in [4.69, 9.17) is 5.11 Å². The summed E-state index contributed by atoms with van der Waals surface area (Å²) in [6, 6.07) is 10.4. The normalized spacial score (nSPS) is 11.6. The van der Waals surface area contributed by atoms with Crippen molar-refractivity contribution in [2.75, 3.05) is 6.54 Å². The van der Waals surface area contributed by atoms with Crippen molar-refractivity contribution in [1.82, 2.24) is 9.71 Å². The SMILES string of the molecule is O=C(O)c1ccc(S(=O)(=O)NCCc2cc3ccc(F)cc3[nH]c2=O)cc1. The Bertz CT molecular complexity index is 1170. The molecule has 0 radical (unpaired) electrons. The van der Waals surface area contributed by atoms with E-state index in [0.717, 1.165) is 0 Å². The van der Waals surface area contributed by atoms with Gasteiger partial charge in [-0.25, -0.2) is 22.3 Å². The second kappa shape index (κ2) is 7.29. The Labute approximate surface area is 153 Å². The van der Waals surface area contributed by atoms with E-state index in [1.165, 1.54) is 42.5 Å². The minimum absolute atomic E-state index is 0.0203. The lowest BCUT2D eigenvalue weighted by Gasteiger charge is -2.08. The number of halogens is 1.